The fourth-order valence-electron chi connectivity index (χ4n) is 1.59. The highest BCUT2D eigenvalue weighted by Gasteiger charge is 2.04. The Hall–Kier alpha value is -1.06. The number of benzene rings is 1. The van der Waals surface area contributed by atoms with Crippen LogP contribution in [0.5, 0.6) is 0 Å². The first-order valence-corrected chi connectivity index (χ1v) is 5.65. The van der Waals surface area contributed by atoms with Crippen LogP contribution in [0.1, 0.15) is 24.0 Å². The maximum atomic E-state index is 11.6. The van der Waals surface area contributed by atoms with E-state index in [1.165, 1.54) is 5.56 Å². The minimum Gasteiger partial charge on any atom is -0.326 e. The zero-order valence-corrected chi connectivity index (χ0v) is 11.5. The van der Waals surface area contributed by atoms with Crippen molar-refractivity contribution in [2.24, 2.45) is 0 Å². The van der Waals surface area contributed by atoms with Gasteiger partial charge in [-0.3, -0.25) is 4.79 Å². The minimum atomic E-state index is 0. The van der Waals surface area contributed by atoms with Gasteiger partial charge in [0.15, 0.2) is 0 Å². The molecule has 2 N–H and O–H groups in total. The number of hydrogen-bond donors (Lipinski definition) is 2. The number of hydrogen-bond acceptors (Lipinski definition) is 2. The van der Waals surface area contributed by atoms with Gasteiger partial charge >= 0.3 is 0 Å². The Morgan fingerprint density at radius 3 is 2.59 bits per heavy atom. The molecule has 0 fully saturated rings. The molecule has 0 saturated heterocycles. The number of aryl methyl sites for hydroxylation is 2. The molecule has 0 aliphatic heterocycles. The summed E-state index contributed by atoms with van der Waals surface area (Å²) in [5.74, 6) is 0.0854. The Morgan fingerprint density at radius 1 is 1.29 bits per heavy atom. The lowest BCUT2D eigenvalue weighted by molar-refractivity contribution is -0.116. The monoisotopic (exact) mass is 256 g/mol. The van der Waals surface area contributed by atoms with E-state index in [2.05, 4.69) is 16.7 Å². The Balaban J connectivity index is 0.00000256. The van der Waals surface area contributed by atoms with Gasteiger partial charge in [0.25, 0.3) is 0 Å². The van der Waals surface area contributed by atoms with Crippen molar-refractivity contribution < 1.29 is 4.79 Å². The average molecular weight is 257 g/mol. The van der Waals surface area contributed by atoms with Gasteiger partial charge in [-0.2, -0.15) is 0 Å². The number of carbonyl (C=O) groups excluding carboxylic acids is 1. The van der Waals surface area contributed by atoms with E-state index < -0.39 is 0 Å². The van der Waals surface area contributed by atoms with Crippen LogP contribution in [-0.4, -0.2) is 19.5 Å². The SMILES string of the molecule is CNCCCC(=O)Nc1ccc(C)cc1C.Cl. The maximum Gasteiger partial charge on any atom is 0.224 e. The van der Waals surface area contributed by atoms with Gasteiger partial charge < -0.3 is 10.6 Å². The predicted molar refractivity (Wildman–Crippen MR) is 75.0 cm³/mol. The molecule has 0 spiro atoms. The number of amides is 1. The number of carbonyl (C=O) groups is 1. The van der Waals surface area contributed by atoms with Crippen molar-refractivity contribution in [1.82, 2.24) is 5.32 Å². The molecule has 1 rings (SSSR count). The van der Waals surface area contributed by atoms with Crippen LogP contribution in [0.3, 0.4) is 0 Å². The molecule has 96 valence electrons. The minimum absolute atomic E-state index is 0. The van der Waals surface area contributed by atoms with E-state index in [0.29, 0.717) is 6.42 Å². The molecular formula is C13H21ClN2O. The highest BCUT2D eigenvalue weighted by Crippen LogP contribution is 2.16. The predicted octanol–water partition coefficient (Wildman–Crippen LogP) is 2.66. The lowest BCUT2D eigenvalue weighted by Gasteiger charge is -2.08. The van der Waals surface area contributed by atoms with Crippen LogP contribution in [-0.2, 0) is 4.79 Å². The first kappa shape index (κ1) is 15.9. The summed E-state index contributed by atoms with van der Waals surface area (Å²) in [7, 11) is 1.89. The highest BCUT2D eigenvalue weighted by molar-refractivity contribution is 5.91. The van der Waals surface area contributed by atoms with E-state index in [4.69, 9.17) is 0 Å². The van der Waals surface area contributed by atoms with Gasteiger partial charge in [0.2, 0.25) is 5.91 Å². The zero-order valence-electron chi connectivity index (χ0n) is 10.7. The number of rotatable bonds is 5. The van der Waals surface area contributed by atoms with E-state index in [-0.39, 0.29) is 18.3 Å². The second kappa shape index (κ2) is 8.09. The first-order chi connectivity index (χ1) is 7.63. The molecule has 0 saturated carbocycles. The number of anilines is 1. The van der Waals surface area contributed by atoms with Crippen molar-refractivity contribution in [1.29, 1.82) is 0 Å². The summed E-state index contributed by atoms with van der Waals surface area (Å²) in [4.78, 5) is 11.6. The maximum absolute atomic E-state index is 11.6. The molecule has 1 aromatic carbocycles. The first-order valence-electron chi connectivity index (χ1n) is 5.65. The summed E-state index contributed by atoms with van der Waals surface area (Å²) >= 11 is 0. The van der Waals surface area contributed by atoms with Gasteiger partial charge in [0.05, 0.1) is 0 Å². The number of nitrogens with one attached hydrogen (secondary N) is 2. The largest absolute Gasteiger partial charge is 0.326 e. The van der Waals surface area contributed by atoms with Crippen LogP contribution in [0.15, 0.2) is 18.2 Å². The van der Waals surface area contributed by atoms with Crippen molar-refractivity contribution in [2.75, 3.05) is 18.9 Å². The smallest absolute Gasteiger partial charge is 0.224 e. The van der Waals surface area contributed by atoms with Crippen molar-refractivity contribution >= 4 is 24.0 Å². The molecule has 0 aromatic heterocycles. The molecular weight excluding hydrogens is 236 g/mol. The summed E-state index contributed by atoms with van der Waals surface area (Å²) in [6, 6.07) is 6.04. The third kappa shape index (κ3) is 5.71. The molecule has 1 amide bonds. The summed E-state index contributed by atoms with van der Waals surface area (Å²) in [6.45, 7) is 4.93. The summed E-state index contributed by atoms with van der Waals surface area (Å²) in [5, 5.41) is 5.96. The van der Waals surface area contributed by atoms with E-state index in [1.807, 2.05) is 33.0 Å². The molecule has 0 bridgehead atoms. The standard InChI is InChI=1S/C13H20N2O.ClH/c1-10-6-7-12(11(2)9-10)15-13(16)5-4-8-14-3;/h6-7,9,14H,4-5,8H2,1-3H3,(H,15,16);1H. The molecule has 1 aromatic rings. The summed E-state index contributed by atoms with van der Waals surface area (Å²) < 4.78 is 0. The molecule has 0 aliphatic carbocycles. The van der Waals surface area contributed by atoms with E-state index in [9.17, 15) is 4.79 Å². The van der Waals surface area contributed by atoms with Crippen molar-refractivity contribution in [3.63, 3.8) is 0 Å². The summed E-state index contributed by atoms with van der Waals surface area (Å²) in [6.07, 6.45) is 1.43. The van der Waals surface area contributed by atoms with E-state index in [1.54, 1.807) is 0 Å². The van der Waals surface area contributed by atoms with Crippen LogP contribution in [0.2, 0.25) is 0 Å². The topological polar surface area (TPSA) is 41.1 Å². The van der Waals surface area contributed by atoms with E-state index in [0.717, 1.165) is 24.2 Å². The average Bonchev–Trinajstić information content (AvgIpc) is 2.23. The van der Waals surface area contributed by atoms with Crippen LogP contribution < -0.4 is 10.6 Å². The molecule has 0 radical (unpaired) electrons. The molecule has 17 heavy (non-hydrogen) atoms. The lowest BCUT2D eigenvalue weighted by Crippen LogP contribution is -2.15. The third-order valence-electron chi connectivity index (χ3n) is 2.49. The van der Waals surface area contributed by atoms with Crippen LogP contribution in [0, 0.1) is 13.8 Å². The van der Waals surface area contributed by atoms with Gasteiger partial charge in [-0.1, -0.05) is 17.7 Å². The van der Waals surface area contributed by atoms with Crippen LogP contribution in [0.4, 0.5) is 5.69 Å². The van der Waals surface area contributed by atoms with Crippen molar-refractivity contribution in [2.45, 2.75) is 26.7 Å². The van der Waals surface area contributed by atoms with Gasteiger partial charge in [0.1, 0.15) is 0 Å². The fourth-order valence-corrected chi connectivity index (χ4v) is 1.59. The Labute approximate surface area is 109 Å². The van der Waals surface area contributed by atoms with Crippen molar-refractivity contribution in [3.8, 4) is 0 Å². The Morgan fingerprint density at radius 2 is 2.00 bits per heavy atom. The van der Waals surface area contributed by atoms with Crippen LogP contribution >= 0.6 is 12.4 Å². The Kier molecular flexibility index (Phi) is 7.59. The fraction of sp³-hybridized carbons (Fsp3) is 0.462. The normalized spacial score (nSPS) is 9.59. The highest BCUT2D eigenvalue weighted by atomic mass is 35.5. The van der Waals surface area contributed by atoms with E-state index >= 15 is 0 Å². The zero-order chi connectivity index (χ0) is 12.0. The van der Waals surface area contributed by atoms with Crippen LogP contribution in [0.25, 0.3) is 0 Å². The molecule has 0 atom stereocenters. The van der Waals surface area contributed by atoms with Gasteiger partial charge in [-0.05, 0) is 45.5 Å². The molecule has 0 unspecified atom stereocenters. The third-order valence-corrected chi connectivity index (χ3v) is 2.49. The Bertz CT molecular complexity index is 366. The molecule has 3 nitrogen and oxygen atoms in total. The lowest BCUT2D eigenvalue weighted by atomic mass is 10.1. The quantitative estimate of drug-likeness (QED) is 0.796. The molecule has 0 aliphatic rings. The molecule has 0 heterocycles. The van der Waals surface area contributed by atoms with Gasteiger partial charge in [0, 0.05) is 12.1 Å². The number of halogens is 1. The van der Waals surface area contributed by atoms with Gasteiger partial charge in [-0.15, -0.1) is 12.4 Å². The second-order valence-corrected chi connectivity index (χ2v) is 4.07. The van der Waals surface area contributed by atoms with Gasteiger partial charge in [-0.25, -0.2) is 0 Å². The second-order valence-electron chi connectivity index (χ2n) is 4.07. The summed E-state index contributed by atoms with van der Waals surface area (Å²) in [5.41, 5.74) is 3.24. The molecule has 4 heteroatoms. The van der Waals surface area contributed by atoms with Crippen molar-refractivity contribution in [3.05, 3.63) is 29.3 Å².